The smallest absolute Gasteiger partial charge is 0.380 e. The largest absolute Gasteiger partial charge is 0.391 e. The maximum absolute atomic E-state index is 12.6. The van der Waals surface area contributed by atoms with Crippen molar-refractivity contribution in [3.63, 3.8) is 0 Å². The molecule has 2 nitrogen and oxygen atoms in total. The topological polar surface area (TPSA) is 21.3 Å². The zero-order chi connectivity index (χ0) is 14.5. The van der Waals surface area contributed by atoms with E-state index in [1.165, 1.54) is 0 Å². The van der Waals surface area contributed by atoms with Crippen LogP contribution >= 0.6 is 0 Å². The van der Waals surface area contributed by atoms with Crippen molar-refractivity contribution in [1.82, 2.24) is 5.32 Å². The zero-order valence-corrected chi connectivity index (χ0v) is 12.1. The Hall–Kier alpha value is -0.290. The van der Waals surface area contributed by atoms with E-state index < -0.39 is 12.1 Å². The minimum atomic E-state index is -4.02. The molecule has 1 atom stereocenters. The minimum absolute atomic E-state index is 0.200. The molecular weight excluding hydrogens is 255 g/mol. The highest BCUT2D eigenvalue weighted by Gasteiger charge is 2.41. The summed E-state index contributed by atoms with van der Waals surface area (Å²) in [5.41, 5.74) is 0. The van der Waals surface area contributed by atoms with Crippen LogP contribution in [0.5, 0.6) is 0 Å². The van der Waals surface area contributed by atoms with E-state index in [2.05, 4.69) is 19.2 Å². The van der Waals surface area contributed by atoms with E-state index in [1.54, 1.807) is 0 Å². The van der Waals surface area contributed by atoms with Crippen LogP contribution in [-0.2, 0) is 4.74 Å². The molecule has 0 saturated heterocycles. The molecule has 19 heavy (non-hydrogen) atoms. The number of rotatable bonds is 6. The Balaban J connectivity index is 2.38. The van der Waals surface area contributed by atoms with Crippen LogP contribution in [0.15, 0.2) is 0 Å². The maximum atomic E-state index is 12.6. The Labute approximate surface area is 114 Å². The molecule has 1 aliphatic carbocycles. The number of alkyl halides is 3. The molecule has 1 aliphatic rings. The van der Waals surface area contributed by atoms with Gasteiger partial charge in [-0.2, -0.15) is 13.2 Å². The molecule has 0 aromatic rings. The Morgan fingerprint density at radius 2 is 1.74 bits per heavy atom. The molecule has 1 saturated carbocycles. The normalized spacial score (nSPS) is 26.7. The molecule has 0 spiro atoms. The fraction of sp³-hybridized carbons (Fsp3) is 1.00. The molecule has 0 aromatic carbocycles. The third-order valence-electron chi connectivity index (χ3n) is 3.95. The monoisotopic (exact) mass is 281 g/mol. The Bertz CT molecular complexity index is 248. The Morgan fingerprint density at radius 1 is 1.16 bits per heavy atom. The molecule has 114 valence electrons. The summed E-state index contributed by atoms with van der Waals surface area (Å²) < 4.78 is 43.2. The predicted octanol–water partition coefficient (Wildman–Crippen LogP) is 3.76. The van der Waals surface area contributed by atoms with Gasteiger partial charge in [-0.3, -0.25) is 0 Å². The van der Waals surface area contributed by atoms with E-state index >= 15 is 0 Å². The van der Waals surface area contributed by atoms with Gasteiger partial charge in [-0.1, -0.05) is 13.8 Å². The second-order valence-electron chi connectivity index (χ2n) is 5.77. The van der Waals surface area contributed by atoms with Crippen molar-refractivity contribution < 1.29 is 17.9 Å². The van der Waals surface area contributed by atoms with Gasteiger partial charge in [0, 0.05) is 18.7 Å². The first-order chi connectivity index (χ1) is 8.84. The van der Waals surface area contributed by atoms with E-state index in [1.807, 2.05) is 6.92 Å². The van der Waals surface area contributed by atoms with Crippen LogP contribution in [0.4, 0.5) is 13.2 Å². The predicted molar refractivity (Wildman–Crippen MR) is 70.1 cm³/mol. The first-order valence-corrected chi connectivity index (χ1v) is 7.25. The third kappa shape index (κ3) is 5.69. The zero-order valence-electron chi connectivity index (χ0n) is 12.1. The quantitative estimate of drug-likeness (QED) is 0.800. The van der Waals surface area contributed by atoms with E-state index in [0.29, 0.717) is 32.0 Å². The van der Waals surface area contributed by atoms with Crippen molar-refractivity contribution in [2.75, 3.05) is 13.2 Å². The van der Waals surface area contributed by atoms with Gasteiger partial charge in [0.2, 0.25) is 0 Å². The lowest BCUT2D eigenvalue weighted by molar-refractivity contribution is -0.183. The van der Waals surface area contributed by atoms with Gasteiger partial charge in [0.05, 0.1) is 12.5 Å². The van der Waals surface area contributed by atoms with Gasteiger partial charge in [0.25, 0.3) is 0 Å². The number of halogens is 3. The second kappa shape index (κ2) is 7.48. The van der Waals surface area contributed by atoms with Gasteiger partial charge >= 0.3 is 6.18 Å². The standard InChI is InChI=1S/C14H26F3NO/c1-4-19-9-13(10(2)3)18-12-7-5-11(6-8-12)14(15,16)17/h10-13,18H,4-9H2,1-3H3. The lowest BCUT2D eigenvalue weighted by Crippen LogP contribution is -2.46. The highest BCUT2D eigenvalue weighted by atomic mass is 19.4. The van der Waals surface area contributed by atoms with Crippen LogP contribution < -0.4 is 5.32 Å². The molecule has 0 aliphatic heterocycles. The van der Waals surface area contributed by atoms with Gasteiger partial charge in [0.1, 0.15) is 0 Å². The molecule has 0 heterocycles. The van der Waals surface area contributed by atoms with Gasteiger partial charge in [-0.25, -0.2) is 0 Å². The van der Waals surface area contributed by atoms with Gasteiger partial charge in [-0.05, 0) is 38.5 Å². The average Bonchev–Trinajstić information content (AvgIpc) is 2.33. The third-order valence-corrected chi connectivity index (χ3v) is 3.95. The number of hydrogen-bond acceptors (Lipinski definition) is 2. The molecule has 1 fully saturated rings. The molecule has 0 bridgehead atoms. The number of nitrogens with one attached hydrogen (secondary N) is 1. The summed E-state index contributed by atoms with van der Waals surface area (Å²) in [5, 5.41) is 3.47. The summed E-state index contributed by atoms with van der Waals surface area (Å²) in [6.07, 6.45) is -2.30. The van der Waals surface area contributed by atoms with Crippen LogP contribution in [0, 0.1) is 11.8 Å². The van der Waals surface area contributed by atoms with E-state index in [9.17, 15) is 13.2 Å². The van der Waals surface area contributed by atoms with Gasteiger partial charge in [0.15, 0.2) is 0 Å². The van der Waals surface area contributed by atoms with Crippen LogP contribution in [-0.4, -0.2) is 31.5 Å². The molecular formula is C14H26F3NO. The van der Waals surface area contributed by atoms with Crippen molar-refractivity contribution in [3.8, 4) is 0 Å². The molecule has 1 rings (SSSR count). The second-order valence-corrected chi connectivity index (χ2v) is 5.77. The van der Waals surface area contributed by atoms with E-state index in [0.717, 1.165) is 0 Å². The Morgan fingerprint density at radius 3 is 2.16 bits per heavy atom. The van der Waals surface area contributed by atoms with Crippen molar-refractivity contribution >= 4 is 0 Å². The van der Waals surface area contributed by atoms with Crippen LogP contribution in [0.3, 0.4) is 0 Å². The lowest BCUT2D eigenvalue weighted by Gasteiger charge is -2.34. The number of ether oxygens (including phenoxy) is 1. The van der Waals surface area contributed by atoms with E-state index in [4.69, 9.17) is 4.74 Å². The average molecular weight is 281 g/mol. The summed E-state index contributed by atoms with van der Waals surface area (Å²) in [5.74, 6) is -0.679. The van der Waals surface area contributed by atoms with Crippen LogP contribution in [0.2, 0.25) is 0 Å². The van der Waals surface area contributed by atoms with Gasteiger partial charge < -0.3 is 10.1 Å². The highest BCUT2D eigenvalue weighted by molar-refractivity contribution is 4.84. The van der Waals surface area contributed by atoms with Crippen molar-refractivity contribution in [1.29, 1.82) is 0 Å². The summed E-state index contributed by atoms with van der Waals surface area (Å²) in [7, 11) is 0. The Kier molecular flexibility index (Phi) is 6.60. The first kappa shape index (κ1) is 16.8. The fourth-order valence-corrected chi connectivity index (χ4v) is 2.57. The summed E-state index contributed by atoms with van der Waals surface area (Å²) in [6.45, 7) is 7.47. The van der Waals surface area contributed by atoms with Crippen LogP contribution in [0.25, 0.3) is 0 Å². The maximum Gasteiger partial charge on any atom is 0.391 e. The summed E-state index contributed by atoms with van der Waals surface area (Å²) in [6, 6.07) is 0.429. The lowest BCUT2D eigenvalue weighted by atomic mass is 9.85. The SMILES string of the molecule is CCOCC(NC1CCC(C(F)(F)F)CC1)C(C)C. The summed E-state index contributed by atoms with van der Waals surface area (Å²) in [4.78, 5) is 0. The van der Waals surface area contributed by atoms with Crippen LogP contribution in [0.1, 0.15) is 46.5 Å². The first-order valence-electron chi connectivity index (χ1n) is 7.25. The van der Waals surface area contributed by atoms with Crippen molar-refractivity contribution in [3.05, 3.63) is 0 Å². The molecule has 1 unspecified atom stereocenters. The summed E-state index contributed by atoms with van der Waals surface area (Å²) >= 11 is 0. The van der Waals surface area contributed by atoms with Crippen molar-refractivity contribution in [2.45, 2.75) is 64.7 Å². The fourth-order valence-electron chi connectivity index (χ4n) is 2.57. The van der Waals surface area contributed by atoms with Crippen molar-refractivity contribution in [2.24, 2.45) is 11.8 Å². The molecule has 0 radical (unpaired) electrons. The van der Waals surface area contributed by atoms with Gasteiger partial charge in [-0.15, -0.1) is 0 Å². The highest BCUT2D eigenvalue weighted by Crippen LogP contribution is 2.37. The molecule has 1 N–H and O–H groups in total. The number of hydrogen-bond donors (Lipinski definition) is 1. The molecule has 0 aromatic heterocycles. The molecule has 5 heteroatoms. The molecule has 0 amide bonds. The van der Waals surface area contributed by atoms with E-state index in [-0.39, 0.29) is 24.9 Å². The minimum Gasteiger partial charge on any atom is -0.380 e.